The lowest BCUT2D eigenvalue weighted by Crippen LogP contribution is -2.31. The van der Waals surface area contributed by atoms with E-state index in [1.54, 1.807) is 31.4 Å². The van der Waals surface area contributed by atoms with Gasteiger partial charge < -0.3 is 19.7 Å². The molecule has 1 aliphatic rings. The molecule has 1 aromatic carbocycles. The summed E-state index contributed by atoms with van der Waals surface area (Å²) in [6, 6.07) is 7.11. The molecule has 0 radical (unpaired) electrons. The molecule has 1 N–H and O–H groups in total. The summed E-state index contributed by atoms with van der Waals surface area (Å²) in [4.78, 5) is 23.8. The SMILES string of the molecule is COc1ccc(OCC(=O)NCCn2ncc3c(N4CCCC4)nc(SC)nc32)cc1. The van der Waals surface area contributed by atoms with Crippen LogP contribution in [0.5, 0.6) is 11.5 Å². The Morgan fingerprint density at radius 2 is 1.90 bits per heavy atom. The fourth-order valence-electron chi connectivity index (χ4n) is 3.52. The predicted octanol–water partition coefficient (Wildman–Crippen LogP) is 2.35. The maximum absolute atomic E-state index is 12.1. The number of anilines is 1. The van der Waals surface area contributed by atoms with Crippen LogP contribution in [0.15, 0.2) is 35.6 Å². The number of fused-ring (bicyclic) bond motifs is 1. The summed E-state index contributed by atoms with van der Waals surface area (Å²) in [5.74, 6) is 2.12. The van der Waals surface area contributed by atoms with E-state index in [1.165, 1.54) is 24.6 Å². The maximum Gasteiger partial charge on any atom is 0.258 e. The standard InChI is InChI=1S/C21H26N6O3S/c1-29-15-5-7-16(8-6-15)30-14-18(28)22-9-12-27-20-17(13-23-27)19(24-21(25-20)31-2)26-10-3-4-11-26/h5-8,13H,3-4,9-12,14H2,1-2H3,(H,22,28). The average molecular weight is 443 g/mol. The first-order chi connectivity index (χ1) is 15.2. The van der Waals surface area contributed by atoms with Crippen molar-refractivity contribution in [3.63, 3.8) is 0 Å². The van der Waals surface area contributed by atoms with Gasteiger partial charge >= 0.3 is 0 Å². The van der Waals surface area contributed by atoms with E-state index in [4.69, 9.17) is 14.5 Å². The molecule has 0 saturated carbocycles. The van der Waals surface area contributed by atoms with Crippen molar-refractivity contribution < 1.29 is 14.3 Å². The van der Waals surface area contributed by atoms with Crippen molar-refractivity contribution in [3.05, 3.63) is 30.5 Å². The average Bonchev–Trinajstić information content (AvgIpc) is 3.48. The minimum atomic E-state index is -0.190. The Kier molecular flexibility index (Phi) is 6.76. The third-order valence-corrected chi connectivity index (χ3v) is 5.67. The van der Waals surface area contributed by atoms with Crippen LogP contribution in [0.4, 0.5) is 5.82 Å². The molecule has 1 saturated heterocycles. The van der Waals surface area contributed by atoms with Gasteiger partial charge in [0.05, 0.1) is 25.2 Å². The zero-order valence-electron chi connectivity index (χ0n) is 17.7. The first-order valence-corrected chi connectivity index (χ1v) is 11.5. The van der Waals surface area contributed by atoms with Crippen molar-refractivity contribution in [1.82, 2.24) is 25.1 Å². The molecule has 0 spiro atoms. The van der Waals surface area contributed by atoms with Crippen LogP contribution in [-0.2, 0) is 11.3 Å². The van der Waals surface area contributed by atoms with Gasteiger partial charge in [0, 0.05) is 19.6 Å². The molecule has 3 heterocycles. The highest BCUT2D eigenvalue weighted by Gasteiger charge is 2.20. The molecule has 31 heavy (non-hydrogen) atoms. The van der Waals surface area contributed by atoms with Crippen molar-refractivity contribution in [2.45, 2.75) is 24.5 Å². The van der Waals surface area contributed by atoms with Gasteiger partial charge in [0.15, 0.2) is 17.4 Å². The lowest BCUT2D eigenvalue weighted by Gasteiger charge is -2.17. The normalized spacial score (nSPS) is 13.5. The zero-order chi connectivity index (χ0) is 21.6. The topological polar surface area (TPSA) is 94.4 Å². The molecule has 0 atom stereocenters. The number of benzene rings is 1. The molecule has 1 fully saturated rings. The van der Waals surface area contributed by atoms with Crippen molar-refractivity contribution in [1.29, 1.82) is 0 Å². The molecule has 9 nitrogen and oxygen atoms in total. The first kappa shape index (κ1) is 21.2. The lowest BCUT2D eigenvalue weighted by molar-refractivity contribution is -0.123. The summed E-state index contributed by atoms with van der Waals surface area (Å²) in [5, 5.41) is 9.04. The van der Waals surface area contributed by atoms with Crippen LogP contribution in [0, 0.1) is 0 Å². The smallest absolute Gasteiger partial charge is 0.258 e. The molecule has 0 aliphatic carbocycles. The van der Waals surface area contributed by atoms with Crippen molar-refractivity contribution >= 4 is 34.5 Å². The molecule has 1 aliphatic heterocycles. The number of hydrogen-bond acceptors (Lipinski definition) is 8. The van der Waals surface area contributed by atoms with Crippen molar-refractivity contribution in [2.75, 3.05) is 44.5 Å². The van der Waals surface area contributed by atoms with Gasteiger partial charge in [-0.2, -0.15) is 5.10 Å². The van der Waals surface area contributed by atoms with Crippen LogP contribution < -0.4 is 19.7 Å². The van der Waals surface area contributed by atoms with Gasteiger partial charge in [-0.3, -0.25) is 4.79 Å². The van der Waals surface area contributed by atoms with Gasteiger partial charge in [0.1, 0.15) is 17.3 Å². The Bertz CT molecular complexity index is 1030. The molecule has 1 amide bonds. The second-order valence-electron chi connectivity index (χ2n) is 7.15. The van der Waals surface area contributed by atoms with E-state index < -0.39 is 0 Å². The van der Waals surface area contributed by atoms with Crippen molar-refractivity contribution in [3.8, 4) is 11.5 Å². The number of rotatable bonds is 9. The Morgan fingerprint density at radius 3 is 2.61 bits per heavy atom. The molecule has 164 valence electrons. The predicted molar refractivity (Wildman–Crippen MR) is 120 cm³/mol. The molecule has 0 unspecified atom stereocenters. The molecular weight excluding hydrogens is 416 g/mol. The van der Waals surface area contributed by atoms with Crippen LogP contribution >= 0.6 is 11.8 Å². The van der Waals surface area contributed by atoms with Gasteiger partial charge in [-0.05, 0) is 43.4 Å². The third-order valence-electron chi connectivity index (χ3n) is 5.12. The number of methoxy groups -OCH3 is 1. The van der Waals surface area contributed by atoms with Gasteiger partial charge in [0.2, 0.25) is 0 Å². The van der Waals surface area contributed by atoms with Crippen molar-refractivity contribution in [2.24, 2.45) is 0 Å². The highest BCUT2D eigenvalue weighted by atomic mass is 32.2. The fourth-order valence-corrected chi connectivity index (χ4v) is 3.87. The van der Waals surface area contributed by atoms with Crippen LogP contribution in [0.25, 0.3) is 11.0 Å². The number of amides is 1. The second-order valence-corrected chi connectivity index (χ2v) is 7.92. The summed E-state index contributed by atoms with van der Waals surface area (Å²) in [5.41, 5.74) is 0.796. The van der Waals surface area contributed by atoms with Crippen LogP contribution in [0.3, 0.4) is 0 Å². The molecule has 0 bridgehead atoms. The van der Waals surface area contributed by atoms with E-state index in [-0.39, 0.29) is 12.5 Å². The van der Waals surface area contributed by atoms with Crippen LogP contribution in [-0.4, -0.2) is 65.3 Å². The van der Waals surface area contributed by atoms with E-state index in [2.05, 4.69) is 20.3 Å². The Balaban J connectivity index is 1.35. The van der Waals surface area contributed by atoms with Gasteiger partial charge in [-0.1, -0.05) is 11.8 Å². The largest absolute Gasteiger partial charge is 0.497 e. The maximum atomic E-state index is 12.1. The summed E-state index contributed by atoms with van der Waals surface area (Å²) < 4.78 is 12.4. The lowest BCUT2D eigenvalue weighted by atomic mass is 10.3. The highest BCUT2D eigenvalue weighted by molar-refractivity contribution is 7.98. The Morgan fingerprint density at radius 1 is 1.16 bits per heavy atom. The molecular formula is C21H26N6O3S. The fraction of sp³-hybridized carbons (Fsp3) is 0.429. The van der Waals surface area contributed by atoms with E-state index in [0.717, 1.165) is 40.8 Å². The summed E-state index contributed by atoms with van der Waals surface area (Å²) in [6.45, 7) is 2.91. The van der Waals surface area contributed by atoms with Gasteiger partial charge in [-0.15, -0.1) is 0 Å². The quantitative estimate of drug-likeness (QED) is 0.399. The van der Waals surface area contributed by atoms with Crippen LogP contribution in [0.2, 0.25) is 0 Å². The highest BCUT2D eigenvalue weighted by Crippen LogP contribution is 2.28. The molecule has 3 aromatic rings. The second kappa shape index (κ2) is 9.86. The number of nitrogens with one attached hydrogen (secondary N) is 1. The number of carbonyl (C=O) groups excluding carboxylic acids is 1. The minimum absolute atomic E-state index is 0.0515. The van der Waals surface area contributed by atoms with E-state index in [1.807, 2.05) is 17.1 Å². The molecule has 10 heteroatoms. The Labute approximate surface area is 185 Å². The number of nitrogens with zero attached hydrogens (tertiary/aromatic N) is 5. The monoisotopic (exact) mass is 442 g/mol. The zero-order valence-corrected chi connectivity index (χ0v) is 18.5. The Hall–Kier alpha value is -3.01. The van der Waals surface area contributed by atoms with Gasteiger partial charge in [-0.25, -0.2) is 14.6 Å². The first-order valence-electron chi connectivity index (χ1n) is 10.2. The number of carbonyl (C=O) groups is 1. The summed E-state index contributed by atoms with van der Waals surface area (Å²) in [6.07, 6.45) is 6.15. The van der Waals surface area contributed by atoms with E-state index >= 15 is 0 Å². The number of ether oxygens (including phenoxy) is 2. The molecule has 2 aromatic heterocycles. The van der Waals surface area contributed by atoms with Crippen LogP contribution in [0.1, 0.15) is 12.8 Å². The number of hydrogen-bond donors (Lipinski definition) is 1. The summed E-state index contributed by atoms with van der Waals surface area (Å²) in [7, 11) is 1.60. The third kappa shape index (κ3) is 5.01. The van der Waals surface area contributed by atoms with Gasteiger partial charge in [0.25, 0.3) is 5.91 Å². The van der Waals surface area contributed by atoms with E-state index in [9.17, 15) is 4.79 Å². The van der Waals surface area contributed by atoms with E-state index in [0.29, 0.717) is 18.8 Å². The molecule has 4 rings (SSSR count). The summed E-state index contributed by atoms with van der Waals surface area (Å²) >= 11 is 1.52. The minimum Gasteiger partial charge on any atom is -0.497 e. The number of aromatic nitrogens is 4. The number of thioether (sulfide) groups is 1.